The Morgan fingerprint density at radius 2 is 1.88 bits per heavy atom. The molecule has 0 heterocycles. The van der Waals surface area contributed by atoms with Crippen molar-refractivity contribution < 1.29 is 4.79 Å². The largest absolute Gasteiger partial charge is 0.352 e. The van der Waals surface area contributed by atoms with E-state index >= 15 is 0 Å². The molecule has 2 N–H and O–H groups in total. The molecule has 3 nitrogen and oxygen atoms in total. The molecule has 0 saturated heterocycles. The molecule has 1 amide bonds. The van der Waals surface area contributed by atoms with E-state index in [2.05, 4.69) is 45.3 Å². The molecule has 1 aliphatic carbocycles. The molecule has 3 heteroatoms. The summed E-state index contributed by atoms with van der Waals surface area (Å²) in [6, 6.07) is 0.248. The van der Waals surface area contributed by atoms with Crippen LogP contribution in [0, 0.1) is 11.8 Å². The Kier molecular flexibility index (Phi) is 4.36. The summed E-state index contributed by atoms with van der Waals surface area (Å²) in [5.74, 6) is 1.35. The molecule has 94 valence electrons. The Morgan fingerprint density at radius 3 is 2.31 bits per heavy atom. The Labute approximate surface area is 99.4 Å². The number of carbonyl (C=O) groups is 1. The highest BCUT2D eigenvalue weighted by molar-refractivity contribution is 5.78. The lowest BCUT2D eigenvalue weighted by Crippen LogP contribution is -2.48. The lowest BCUT2D eigenvalue weighted by Gasteiger charge is -2.26. The number of carbonyl (C=O) groups excluding carboxylic acids is 1. The van der Waals surface area contributed by atoms with Gasteiger partial charge >= 0.3 is 0 Å². The number of nitrogens with one attached hydrogen (secondary N) is 2. The van der Waals surface area contributed by atoms with Gasteiger partial charge in [0, 0.05) is 11.6 Å². The van der Waals surface area contributed by atoms with Gasteiger partial charge in [-0.15, -0.1) is 0 Å². The number of hydrogen-bond donors (Lipinski definition) is 2. The molecule has 0 spiro atoms. The van der Waals surface area contributed by atoms with E-state index in [4.69, 9.17) is 0 Å². The molecule has 0 bridgehead atoms. The molecule has 1 unspecified atom stereocenters. The van der Waals surface area contributed by atoms with Gasteiger partial charge in [-0.05, 0) is 45.4 Å². The van der Waals surface area contributed by atoms with Crippen LogP contribution < -0.4 is 10.6 Å². The standard InChI is InChI=1S/C13H26N2O/c1-9(2)10(3)15-12(16)8-14-13(4,5)11-6-7-11/h9-11,14H,6-8H2,1-5H3,(H,15,16). The van der Waals surface area contributed by atoms with Crippen LogP contribution in [0.25, 0.3) is 0 Å². The van der Waals surface area contributed by atoms with Crippen molar-refractivity contribution in [3.05, 3.63) is 0 Å². The van der Waals surface area contributed by atoms with Gasteiger partial charge in [-0.3, -0.25) is 4.79 Å². The molecule has 1 saturated carbocycles. The average molecular weight is 226 g/mol. The maximum Gasteiger partial charge on any atom is 0.234 e. The van der Waals surface area contributed by atoms with Gasteiger partial charge in [0.2, 0.25) is 5.91 Å². The van der Waals surface area contributed by atoms with Gasteiger partial charge in [-0.1, -0.05) is 13.8 Å². The Balaban J connectivity index is 2.24. The minimum Gasteiger partial charge on any atom is -0.352 e. The molecule has 1 aliphatic rings. The SMILES string of the molecule is CC(C)C(C)NC(=O)CNC(C)(C)C1CC1. The van der Waals surface area contributed by atoms with E-state index in [9.17, 15) is 4.79 Å². The van der Waals surface area contributed by atoms with Crippen molar-refractivity contribution in [2.24, 2.45) is 11.8 Å². The summed E-state index contributed by atoms with van der Waals surface area (Å²) < 4.78 is 0. The molecule has 0 aliphatic heterocycles. The fourth-order valence-corrected chi connectivity index (χ4v) is 1.73. The van der Waals surface area contributed by atoms with Gasteiger partial charge in [-0.25, -0.2) is 0 Å². The van der Waals surface area contributed by atoms with Gasteiger partial charge in [0.25, 0.3) is 0 Å². The fourth-order valence-electron chi connectivity index (χ4n) is 1.73. The van der Waals surface area contributed by atoms with Crippen LogP contribution in [0.15, 0.2) is 0 Å². The molecule has 0 aromatic rings. The summed E-state index contributed by atoms with van der Waals surface area (Å²) in [6.07, 6.45) is 2.59. The number of amides is 1. The summed E-state index contributed by atoms with van der Waals surface area (Å²) in [7, 11) is 0. The zero-order chi connectivity index (χ0) is 12.3. The monoisotopic (exact) mass is 226 g/mol. The smallest absolute Gasteiger partial charge is 0.234 e. The topological polar surface area (TPSA) is 41.1 Å². The van der Waals surface area contributed by atoms with Crippen LogP contribution >= 0.6 is 0 Å². The van der Waals surface area contributed by atoms with Gasteiger partial charge in [-0.2, -0.15) is 0 Å². The Bertz CT molecular complexity index is 244. The van der Waals surface area contributed by atoms with Crippen molar-refractivity contribution in [1.82, 2.24) is 10.6 Å². The molecule has 1 fully saturated rings. The normalized spacial score (nSPS) is 18.6. The minimum atomic E-state index is 0.106. The van der Waals surface area contributed by atoms with Gasteiger partial charge < -0.3 is 10.6 Å². The van der Waals surface area contributed by atoms with Crippen LogP contribution in [-0.4, -0.2) is 24.0 Å². The summed E-state index contributed by atoms with van der Waals surface area (Å²) in [5, 5.41) is 6.36. The van der Waals surface area contributed by atoms with Gasteiger partial charge in [0.1, 0.15) is 0 Å². The van der Waals surface area contributed by atoms with E-state index < -0.39 is 0 Å². The second-order valence-corrected chi connectivity index (χ2v) is 5.95. The first-order valence-corrected chi connectivity index (χ1v) is 6.37. The molecule has 0 radical (unpaired) electrons. The van der Waals surface area contributed by atoms with E-state index in [0.717, 1.165) is 5.92 Å². The van der Waals surface area contributed by atoms with Crippen molar-refractivity contribution >= 4 is 5.91 Å². The van der Waals surface area contributed by atoms with Gasteiger partial charge in [0.05, 0.1) is 6.54 Å². The second kappa shape index (κ2) is 5.17. The van der Waals surface area contributed by atoms with Crippen molar-refractivity contribution in [3.8, 4) is 0 Å². The summed E-state index contributed by atoms with van der Waals surface area (Å²) in [5.41, 5.74) is 0.110. The zero-order valence-electron chi connectivity index (χ0n) is 11.3. The summed E-state index contributed by atoms with van der Waals surface area (Å²) in [6.45, 7) is 11.1. The van der Waals surface area contributed by atoms with Crippen LogP contribution in [0.3, 0.4) is 0 Å². The van der Waals surface area contributed by atoms with E-state index in [-0.39, 0.29) is 17.5 Å². The highest BCUT2D eigenvalue weighted by atomic mass is 16.2. The quantitative estimate of drug-likeness (QED) is 0.726. The van der Waals surface area contributed by atoms with Crippen molar-refractivity contribution in [1.29, 1.82) is 0 Å². The highest BCUT2D eigenvalue weighted by Crippen LogP contribution is 2.38. The van der Waals surface area contributed by atoms with Crippen molar-refractivity contribution in [3.63, 3.8) is 0 Å². The van der Waals surface area contributed by atoms with E-state index in [1.54, 1.807) is 0 Å². The molecule has 1 rings (SSSR count). The predicted molar refractivity (Wildman–Crippen MR) is 67.2 cm³/mol. The third-order valence-electron chi connectivity index (χ3n) is 3.69. The summed E-state index contributed by atoms with van der Waals surface area (Å²) >= 11 is 0. The lowest BCUT2D eigenvalue weighted by atomic mass is 9.99. The van der Waals surface area contributed by atoms with Crippen LogP contribution in [0.1, 0.15) is 47.5 Å². The maximum atomic E-state index is 11.7. The Hall–Kier alpha value is -0.570. The molecular weight excluding hydrogens is 200 g/mol. The van der Waals surface area contributed by atoms with E-state index in [0.29, 0.717) is 12.5 Å². The van der Waals surface area contributed by atoms with Crippen molar-refractivity contribution in [2.75, 3.05) is 6.54 Å². The lowest BCUT2D eigenvalue weighted by molar-refractivity contribution is -0.121. The molecule has 1 atom stereocenters. The number of rotatable bonds is 6. The van der Waals surface area contributed by atoms with E-state index in [1.165, 1.54) is 12.8 Å². The third-order valence-corrected chi connectivity index (χ3v) is 3.69. The highest BCUT2D eigenvalue weighted by Gasteiger charge is 2.37. The average Bonchev–Trinajstić information content (AvgIpc) is 2.97. The first-order valence-electron chi connectivity index (χ1n) is 6.37. The minimum absolute atomic E-state index is 0.106. The van der Waals surface area contributed by atoms with Crippen LogP contribution in [0.4, 0.5) is 0 Å². The zero-order valence-corrected chi connectivity index (χ0v) is 11.3. The fraction of sp³-hybridized carbons (Fsp3) is 0.923. The van der Waals surface area contributed by atoms with Crippen LogP contribution in [0.5, 0.6) is 0 Å². The molecule has 0 aromatic carbocycles. The van der Waals surface area contributed by atoms with E-state index in [1.807, 2.05) is 0 Å². The van der Waals surface area contributed by atoms with Gasteiger partial charge in [0.15, 0.2) is 0 Å². The number of hydrogen-bond acceptors (Lipinski definition) is 2. The first-order chi connectivity index (χ1) is 7.33. The maximum absolute atomic E-state index is 11.7. The molecule has 0 aromatic heterocycles. The van der Waals surface area contributed by atoms with Crippen molar-refractivity contribution in [2.45, 2.75) is 59.0 Å². The first kappa shape index (κ1) is 13.5. The molecular formula is C13H26N2O. The van der Waals surface area contributed by atoms with Crippen LogP contribution in [-0.2, 0) is 4.79 Å². The molecule has 16 heavy (non-hydrogen) atoms. The third kappa shape index (κ3) is 4.12. The van der Waals surface area contributed by atoms with Crippen LogP contribution in [0.2, 0.25) is 0 Å². The second-order valence-electron chi connectivity index (χ2n) is 5.95. The summed E-state index contributed by atoms with van der Waals surface area (Å²) in [4.78, 5) is 11.7. The Morgan fingerprint density at radius 1 is 1.31 bits per heavy atom. The predicted octanol–water partition coefficient (Wildman–Crippen LogP) is 1.93.